The van der Waals surface area contributed by atoms with E-state index in [9.17, 15) is 9.59 Å². The van der Waals surface area contributed by atoms with Crippen molar-refractivity contribution < 1.29 is 14.7 Å². The molecule has 1 aromatic carbocycles. The molecular weight excluding hydrogens is 314 g/mol. The quantitative estimate of drug-likeness (QED) is 0.866. The van der Waals surface area contributed by atoms with Crippen molar-refractivity contribution in [2.24, 2.45) is 11.3 Å². The van der Waals surface area contributed by atoms with E-state index < -0.39 is 5.97 Å². The zero-order valence-electron chi connectivity index (χ0n) is 13.1. The lowest BCUT2D eigenvalue weighted by molar-refractivity contribution is -0.142. The molecule has 124 valence electrons. The molecule has 0 saturated heterocycles. The highest BCUT2D eigenvalue weighted by Crippen LogP contribution is 2.49. The SMILES string of the molecule is O=C(O)C1CCC(NC(=O)C2(Cc3ccccc3Cl)CC2)CC1. The Bertz CT molecular complexity index is 604. The van der Waals surface area contributed by atoms with Gasteiger partial charge in [0.2, 0.25) is 5.91 Å². The van der Waals surface area contributed by atoms with Crippen LogP contribution >= 0.6 is 11.6 Å². The molecule has 0 unspecified atom stereocenters. The number of nitrogens with one attached hydrogen (secondary N) is 1. The van der Waals surface area contributed by atoms with Gasteiger partial charge in [-0.3, -0.25) is 9.59 Å². The highest BCUT2D eigenvalue weighted by molar-refractivity contribution is 6.31. The molecule has 0 aromatic heterocycles. The normalized spacial score (nSPS) is 25.6. The average Bonchev–Trinajstić information content (AvgIpc) is 3.31. The van der Waals surface area contributed by atoms with E-state index in [1.165, 1.54) is 0 Å². The van der Waals surface area contributed by atoms with Crippen molar-refractivity contribution in [2.75, 3.05) is 0 Å². The van der Waals surface area contributed by atoms with Gasteiger partial charge in [0.15, 0.2) is 0 Å². The number of carbonyl (C=O) groups excluding carboxylic acids is 1. The molecule has 0 bridgehead atoms. The van der Waals surface area contributed by atoms with Crippen LogP contribution in [0.15, 0.2) is 24.3 Å². The average molecular weight is 336 g/mol. The van der Waals surface area contributed by atoms with E-state index in [0.29, 0.717) is 24.3 Å². The summed E-state index contributed by atoms with van der Waals surface area (Å²) in [7, 11) is 0. The Morgan fingerprint density at radius 2 is 1.83 bits per heavy atom. The van der Waals surface area contributed by atoms with Crippen LogP contribution in [0.25, 0.3) is 0 Å². The molecule has 0 radical (unpaired) electrons. The Morgan fingerprint density at radius 3 is 2.39 bits per heavy atom. The maximum Gasteiger partial charge on any atom is 0.306 e. The monoisotopic (exact) mass is 335 g/mol. The predicted octanol–water partition coefficient (Wildman–Crippen LogP) is 3.42. The minimum Gasteiger partial charge on any atom is -0.481 e. The molecule has 2 aliphatic rings. The van der Waals surface area contributed by atoms with E-state index in [0.717, 1.165) is 31.2 Å². The zero-order valence-corrected chi connectivity index (χ0v) is 13.8. The first-order valence-corrected chi connectivity index (χ1v) is 8.65. The Kier molecular flexibility index (Phi) is 4.62. The summed E-state index contributed by atoms with van der Waals surface area (Å²) in [5.74, 6) is -0.857. The van der Waals surface area contributed by atoms with Gasteiger partial charge < -0.3 is 10.4 Å². The van der Waals surface area contributed by atoms with Crippen LogP contribution in [0.3, 0.4) is 0 Å². The van der Waals surface area contributed by atoms with Gasteiger partial charge in [0, 0.05) is 11.1 Å². The summed E-state index contributed by atoms with van der Waals surface area (Å²) in [5.41, 5.74) is 0.714. The second kappa shape index (κ2) is 6.52. The van der Waals surface area contributed by atoms with Crippen LogP contribution in [0.5, 0.6) is 0 Å². The molecule has 4 nitrogen and oxygen atoms in total. The van der Waals surface area contributed by atoms with E-state index >= 15 is 0 Å². The summed E-state index contributed by atoms with van der Waals surface area (Å²) >= 11 is 6.21. The van der Waals surface area contributed by atoms with Crippen LogP contribution < -0.4 is 5.32 Å². The Balaban J connectivity index is 1.56. The van der Waals surface area contributed by atoms with E-state index in [1.54, 1.807) is 0 Å². The summed E-state index contributed by atoms with van der Waals surface area (Å²) in [4.78, 5) is 23.6. The Hall–Kier alpha value is -1.55. The lowest BCUT2D eigenvalue weighted by Crippen LogP contribution is -2.43. The second-order valence-corrected chi connectivity index (χ2v) is 7.32. The molecule has 2 fully saturated rings. The molecular formula is C18H22ClNO3. The van der Waals surface area contributed by atoms with Gasteiger partial charge in [0.25, 0.3) is 0 Å². The summed E-state index contributed by atoms with van der Waals surface area (Å²) in [5, 5.41) is 12.9. The van der Waals surface area contributed by atoms with Crippen LogP contribution in [0.2, 0.25) is 5.02 Å². The fourth-order valence-corrected chi connectivity index (χ4v) is 3.67. The largest absolute Gasteiger partial charge is 0.481 e. The molecule has 1 amide bonds. The molecule has 0 spiro atoms. The first-order chi connectivity index (χ1) is 11.0. The fraction of sp³-hybridized carbons (Fsp3) is 0.556. The zero-order chi connectivity index (χ0) is 16.4. The van der Waals surface area contributed by atoms with E-state index in [-0.39, 0.29) is 23.3 Å². The third kappa shape index (κ3) is 3.69. The van der Waals surface area contributed by atoms with Crippen molar-refractivity contribution in [3.8, 4) is 0 Å². The Labute approximate surface area is 141 Å². The first-order valence-electron chi connectivity index (χ1n) is 8.27. The number of carboxylic acids is 1. The van der Waals surface area contributed by atoms with E-state index in [4.69, 9.17) is 16.7 Å². The van der Waals surface area contributed by atoms with Crippen LogP contribution in [0.1, 0.15) is 44.1 Å². The highest BCUT2D eigenvalue weighted by Gasteiger charge is 2.50. The highest BCUT2D eigenvalue weighted by atomic mass is 35.5. The third-order valence-electron chi connectivity index (χ3n) is 5.23. The topological polar surface area (TPSA) is 66.4 Å². The lowest BCUT2D eigenvalue weighted by atomic mass is 9.85. The maximum atomic E-state index is 12.7. The number of hydrogen-bond donors (Lipinski definition) is 2. The van der Waals surface area contributed by atoms with Gasteiger partial charge in [-0.05, 0) is 56.6 Å². The number of halogens is 1. The van der Waals surface area contributed by atoms with Crippen molar-refractivity contribution in [3.05, 3.63) is 34.9 Å². The Morgan fingerprint density at radius 1 is 1.17 bits per heavy atom. The number of hydrogen-bond acceptors (Lipinski definition) is 2. The molecule has 2 saturated carbocycles. The number of rotatable bonds is 5. The van der Waals surface area contributed by atoms with Crippen LogP contribution in [-0.4, -0.2) is 23.0 Å². The number of benzene rings is 1. The molecule has 5 heteroatoms. The molecule has 0 heterocycles. The van der Waals surface area contributed by atoms with Crippen molar-refractivity contribution in [1.82, 2.24) is 5.32 Å². The maximum absolute atomic E-state index is 12.7. The standard InChI is InChI=1S/C18H22ClNO3/c19-15-4-2-1-3-13(15)11-18(9-10-18)17(23)20-14-7-5-12(6-8-14)16(21)22/h1-4,12,14H,5-11H2,(H,20,23)(H,21,22). The predicted molar refractivity (Wildman–Crippen MR) is 88.3 cm³/mol. The van der Waals surface area contributed by atoms with Crippen molar-refractivity contribution >= 4 is 23.5 Å². The van der Waals surface area contributed by atoms with Gasteiger partial charge in [-0.1, -0.05) is 29.8 Å². The van der Waals surface area contributed by atoms with Crippen LogP contribution in [0.4, 0.5) is 0 Å². The van der Waals surface area contributed by atoms with Gasteiger partial charge >= 0.3 is 5.97 Å². The molecule has 23 heavy (non-hydrogen) atoms. The van der Waals surface area contributed by atoms with Crippen molar-refractivity contribution in [2.45, 2.75) is 51.0 Å². The molecule has 3 rings (SSSR count). The summed E-state index contributed by atoms with van der Waals surface area (Å²) in [6.45, 7) is 0. The molecule has 2 N–H and O–H groups in total. The van der Waals surface area contributed by atoms with Gasteiger partial charge in [-0.15, -0.1) is 0 Å². The van der Waals surface area contributed by atoms with Crippen molar-refractivity contribution in [3.63, 3.8) is 0 Å². The van der Waals surface area contributed by atoms with Gasteiger partial charge in [0.05, 0.1) is 11.3 Å². The minimum absolute atomic E-state index is 0.108. The number of amides is 1. The number of carbonyl (C=O) groups is 2. The van der Waals surface area contributed by atoms with Gasteiger partial charge in [-0.25, -0.2) is 0 Å². The smallest absolute Gasteiger partial charge is 0.306 e. The molecule has 1 aromatic rings. The lowest BCUT2D eigenvalue weighted by Gasteiger charge is -2.28. The summed E-state index contributed by atoms with van der Waals surface area (Å²) < 4.78 is 0. The van der Waals surface area contributed by atoms with Gasteiger partial charge in [-0.2, -0.15) is 0 Å². The molecule has 0 aliphatic heterocycles. The number of carboxylic acid groups (broad SMARTS) is 1. The molecule has 2 aliphatic carbocycles. The summed E-state index contributed by atoms with van der Waals surface area (Å²) in [6, 6.07) is 7.79. The van der Waals surface area contributed by atoms with Crippen LogP contribution in [0, 0.1) is 11.3 Å². The summed E-state index contributed by atoms with van der Waals surface area (Å²) in [6.07, 6.45) is 5.29. The first kappa shape index (κ1) is 16.3. The second-order valence-electron chi connectivity index (χ2n) is 6.91. The van der Waals surface area contributed by atoms with E-state index in [2.05, 4.69) is 5.32 Å². The fourth-order valence-electron chi connectivity index (χ4n) is 3.46. The van der Waals surface area contributed by atoms with Crippen LogP contribution in [-0.2, 0) is 16.0 Å². The third-order valence-corrected chi connectivity index (χ3v) is 5.60. The van der Waals surface area contributed by atoms with E-state index in [1.807, 2.05) is 24.3 Å². The number of aliphatic carboxylic acids is 1. The molecule has 0 atom stereocenters. The van der Waals surface area contributed by atoms with Crippen molar-refractivity contribution in [1.29, 1.82) is 0 Å². The van der Waals surface area contributed by atoms with Gasteiger partial charge in [0.1, 0.15) is 0 Å². The minimum atomic E-state index is -0.716.